The molecule has 0 unspecified atom stereocenters. The standard InChI is InChI=1S/C25H32Cl3N3O4S/c1-6-17(4)29-25(33)23(7-2)30(14-18-9-11-20(26)22(28)12-18)24(32)15-31(36(5,34)35)19-10-8-16(3)21(27)13-19/h8-13,17,23H,6-7,14-15H2,1-5H3,(H,29,33)/t17-,23+/m1/s1. The van der Waals surface area contributed by atoms with Crippen LogP contribution in [0.1, 0.15) is 44.7 Å². The summed E-state index contributed by atoms with van der Waals surface area (Å²) in [5.41, 5.74) is 1.68. The van der Waals surface area contributed by atoms with Crippen LogP contribution in [0.5, 0.6) is 0 Å². The minimum Gasteiger partial charge on any atom is -0.352 e. The van der Waals surface area contributed by atoms with Crippen molar-refractivity contribution in [2.45, 2.75) is 59.2 Å². The first-order chi connectivity index (χ1) is 16.8. The van der Waals surface area contributed by atoms with E-state index >= 15 is 0 Å². The zero-order valence-electron chi connectivity index (χ0n) is 21.0. The van der Waals surface area contributed by atoms with E-state index in [4.69, 9.17) is 34.8 Å². The van der Waals surface area contributed by atoms with Gasteiger partial charge in [0.2, 0.25) is 21.8 Å². The molecule has 36 heavy (non-hydrogen) atoms. The van der Waals surface area contributed by atoms with Crippen molar-refractivity contribution in [1.29, 1.82) is 0 Å². The van der Waals surface area contributed by atoms with Crippen LogP contribution in [0, 0.1) is 6.92 Å². The minimum absolute atomic E-state index is 0.0361. The predicted octanol–water partition coefficient (Wildman–Crippen LogP) is 5.44. The van der Waals surface area contributed by atoms with Crippen LogP contribution in [0.4, 0.5) is 5.69 Å². The minimum atomic E-state index is -3.85. The number of aryl methyl sites for hydroxylation is 1. The highest BCUT2D eigenvalue weighted by atomic mass is 35.5. The van der Waals surface area contributed by atoms with Crippen LogP contribution >= 0.6 is 34.8 Å². The lowest BCUT2D eigenvalue weighted by Gasteiger charge is -2.33. The molecule has 0 saturated heterocycles. The van der Waals surface area contributed by atoms with E-state index in [1.165, 1.54) is 11.0 Å². The van der Waals surface area contributed by atoms with E-state index < -0.39 is 28.5 Å². The summed E-state index contributed by atoms with van der Waals surface area (Å²) < 4.78 is 26.4. The van der Waals surface area contributed by atoms with Gasteiger partial charge >= 0.3 is 0 Å². The number of amides is 2. The maximum absolute atomic E-state index is 13.7. The van der Waals surface area contributed by atoms with Crippen molar-refractivity contribution in [1.82, 2.24) is 10.2 Å². The second-order valence-electron chi connectivity index (χ2n) is 8.72. The van der Waals surface area contributed by atoms with Gasteiger partial charge < -0.3 is 10.2 Å². The molecule has 7 nitrogen and oxygen atoms in total. The first kappa shape index (κ1) is 30.2. The predicted molar refractivity (Wildman–Crippen MR) is 147 cm³/mol. The van der Waals surface area contributed by atoms with E-state index in [-0.39, 0.29) is 24.2 Å². The Morgan fingerprint density at radius 2 is 1.64 bits per heavy atom. The smallest absolute Gasteiger partial charge is 0.244 e. The summed E-state index contributed by atoms with van der Waals surface area (Å²) in [5, 5.41) is 3.97. The molecule has 0 bridgehead atoms. The summed E-state index contributed by atoms with van der Waals surface area (Å²) in [5.74, 6) is -0.862. The number of sulfonamides is 1. The Labute approximate surface area is 228 Å². The van der Waals surface area contributed by atoms with Crippen molar-refractivity contribution >= 4 is 62.3 Å². The number of anilines is 1. The average Bonchev–Trinajstić information content (AvgIpc) is 2.80. The Bertz CT molecular complexity index is 1210. The maximum atomic E-state index is 13.7. The van der Waals surface area contributed by atoms with Gasteiger partial charge in [-0.15, -0.1) is 0 Å². The topological polar surface area (TPSA) is 86.8 Å². The molecule has 0 aliphatic heterocycles. The number of halogens is 3. The highest BCUT2D eigenvalue weighted by Crippen LogP contribution is 2.27. The van der Waals surface area contributed by atoms with Crippen LogP contribution < -0.4 is 9.62 Å². The monoisotopic (exact) mass is 575 g/mol. The summed E-state index contributed by atoms with van der Waals surface area (Å²) >= 11 is 18.4. The third-order valence-electron chi connectivity index (χ3n) is 5.85. The Morgan fingerprint density at radius 3 is 2.17 bits per heavy atom. The van der Waals surface area contributed by atoms with Gasteiger partial charge in [-0.1, -0.05) is 60.8 Å². The van der Waals surface area contributed by atoms with Gasteiger partial charge in [0.1, 0.15) is 12.6 Å². The number of nitrogens with zero attached hydrogens (tertiary/aromatic N) is 2. The number of hydrogen-bond acceptors (Lipinski definition) is 4. The zero-order valence-corrected chi connectivity index (χ0v) is 24.1. The molecule has 0 aliphatic carbocycles. The molecule has 0 heterocycles. The molecule has 0 fully saturated rings. The number of carbonyl (C=O) groups excluding carboxylic acids is 2. The second kappa shape index (κ2) is 13.0. The van der Waals surface area contributed by atoms with E-state index in [2.05, 4.69) is 5.32 Å². The van der Waals surface area contributed by atoms with Crippen molar-refractivity contribution in [3.63, 3.8) is 0 Å². The van der Waals surface area contributed by atoms with Crippen LogP contribution in [0.3, 0.4) is 0 Å². The van der Waals surface area contributed by atoms with E-state index in [1.807, 2.05) is 13.8 Å². The second-order valence-corrected chi connectivity index (χ2v) is 11.8. The summed E-state index contributed by atoms with van der Waals surface area (Å²) in [6.07, 6.45) is 2.06. The molecule has 1 N–H and O–H groups in total. The Hall–Kier alpha value is -2.00. The number of rotatable bonds is 11. The number of nitrogens with one attached hydrogen (secondary N) is 1. The van der Waals surface area contributed by atoms with Crippen molar-refractivity contribution < 1.29 is 18.0 Å². The zero-order chi connectivity index (χ0) is 27.2. The summed E-state index contributed by atoms with van der Waals surface area (Å²) in [7, 11) is -3.85. The van der Waals surface area contributed by atoms with E-state index in [0.29, 0.717) is 27.1 Å². The van der Waals surface area contributed by atoms with Crippen LogP contribution in [-0.2, 0) is 26.2 Å². The molecular formula is C25H32Cl3N3O4S. The number of benzene rings is 2. The van der Waals surface area contributed by atoms with Gasteiger partial charge in [-0.05, 0) is 62.1 Å². The van der Waals surface area contributed by atoms with Crippen molar-refractivity contribution in [2.24, 2.45) is 0 Å². The largest absolute Gasteiger partial charge is 0.352 e. The summed E-state index contributed by atoms with van der Waals surface area (Å²) in [6.45, 7) is 6.94. The van der Waals surface area contributed by atoms with Gasteiger partial charge in [0.05, 0.1) is 22.0 Å². The first-order valence-corrected chi connectivity index (χ1v) is 14.5. The lowest BCUT2D eigenvalue weighted by Crippen LogP contribution is -2.53. The number of hydrogen-bond donors (Lipinski definition) is 1. The molecule has 0 saturated carbocycles. The van der Waals surface area contributed by atoms with Crippen molar-refractivity contribution in [2.75, 3.05) is 17.1 Å². The average molecular weight is 577 g/mol. The molecule has 0 radical (unpaired) electrons. The van der Waals surface area contributed by atoms with Crippen molar-refractivity contribution in [3.8, 4) is 0 Å². The fourth-order valence-corrected chi connectivity index (χ4v) is 4.88. The van der Waals surface area contributed by atoms with E-state index in [9.17, 15) is 18.0 Å². The third kappa shape index (κ3) is 8.00. The van der Waals surface area contributed by atoms with Crippen LogP contribution in [-0.4, -0.2) is 50.0 Å². The summed E-state index contributed by atoms with van der Waals surface area (Å²) in [6, 6.07) is 8.80. The molecular weight excluding hydrogens is 545 g/mol. The van der Waals surface area contributed by atoms with Crippen LogP contribution in [0.25, 0.3) is 0 Å². The molecule has 2 aromatic carbocycles. The van der Waals surface area contributed by atoms with Gasteiger partial charge in [-0.2, -0.15) is 0 Å². The van der Waals surface area contributed by atoms with Gasteiger partial charge in [0.15, 0.2) is 0 Å². The van der Waals surface area contributed by atoms with Crippen LogP contribution in [0.2, 0.25) is 15.1 Å². The van der Waals surface area contributed by atoms with E-state index in [1.54, 1.807) is 44.2 Å². The quantitative estimate of drug-likeness (QED) is 0.386. The Kier molecular flexibility index (Phi) is 10.9. The fourth-order valence-electron chi connectivity index (χ4n) is 3.55. The lowest BCUT2D eigenvalue weighted by molar-refractivity contribution is -0.140. The first-order valence-electron chi connectivity index (χ1n) is 11.6. The number of carbonyl (C=O) groups is 2. The SMILES string of the molecule is CC[C@@H](C)NC(=O)[C@H](CC)N(Cc1ccc(Cl)c(Cl)c1)C(=O)CN(c1ccc(C)c(Cl)c1)S(C)(=O)=O. The van der Waals surface area contributed by atoms with Crippen molar-refractivity contribution in [3.05, 3.63) is 62.6 Å². The fraction of sp³-hybridized carbons (Fsp3) is 0.440. The third-order valence-corrected chi connectivity index (χ3v) is 8.13. The van der Waals surface area contributed by atoms with Gasteiger partial charge in [0.25, 0.3) is 0 Å². The highest BCUT2D eigenvalue weighted by molar-refractivity contribution is 7.92. The normalized spacial score (nSPS) is 13.1. The lowest BCUT2D eigenvalue weighted by atomic mass is 10.1. The molecule has 2 amide bonds. The van der Waals surface area contributed by atoms with Crippen LogP contribution in [0.15, 0.2) is 36.4 Å². The van der Waals surface area contributed by atoms with Gasteiger partial charge in [-0.3, -0.25) is 13.9 Å². The highest BCUT2D eigenvalue weighted by Gasteiger charge is 2.32. The molecule has 11 heteroatoms. The molecule has 0 spiro atoms. The molecule has 2 aromatic rings. The molecule has 2 atom stereocenters. The van der Waals surface area contributed by atoms with Gasteiger partial charge in [0, 0.05) is 17.6 Å². The molecule has 198 valence electrons. The molecule has 0 aromatic heterocycles. The Morgan fingerprint density at radius 1 is 0.972 bits per heavy atom. The molecule has 0 aliphatic rings. The molecule has 2 rings (SSSR count). The summed E-state index contributed by atoms with van der Waals surface area (Å²) in [4.78, 5) is 28.2. The Balaban J connectivity index is 2.48. The van der Waals surface area contributed by atoms with E-state index in [0.717, 1.165) is 22.5 Å². The van der Waals surface area contributed by atoms with Gasteiger partial charge in [-0.25, -0.2) is 8.42 Å². The maximum Gasteiger partial charge on any atom is 0.244 e.